The molecule has 0 saturated carbocycles. The van der Waals surface area contributed by atoms with E-state index in [1.54, 1.807) is 24.3 Å². The molecule has 0 atom stereocenters. The first kappa shape index (κ1) is 16.9. The fourth-order valence-corrected chi connectivity index (χ4v) is 4.24. The molecule has 1 aliphatic rings. The van der Waals surface area contributed by atoms with E-state index in [0.29, 0.717) is 48.6 Å². The van der Waals surface area contributed by atoms with E-state index in [0.717, 1.165) is 0 Å². The van der Waals surface area contributed by atoms with Crippen molar-refractivity contribution in [2.24, 2.45) is 0 Å². The molecule has 1 aromatic rings. The molecule has 0 amide bonds. The summed E-state index contributed by atoms with van der Waals surface area (Å²) in [7, 11) is 0.392. The van der Waals surface area contributed by atoms with Gasteiger partial charge in [0.1, 0.15) is 5.94 Å². The van der Waals surface area contributed by atoms with E-state index < -0.39 is 9.84 Å². The summed E-state index contributed by atoms with van der Waals surface area (Å²) in [6.07, 6.45) is 1.06. The van der Waals surface area contributed by atoms with Crippen molar-refractivity contribution in [2.75, 3.05) is 33.9 Å². The second-order valence-corrected chi connectivity index (χ2v) is 7.93. The number of ether oxygens (including phenoxy) is 1. The fourth-order valence-electron chi connectivity index (χ4n) is 2.52. The minimum Gasteiger partial charge on any atom is -0.381 e. The average Bonchev–Trinajstić information content (AvgIpc) is 2.53. The maximum Gasteiger partial charge on any atom is 0.181 e. The van der Waals surface area contributed by atoms with Crippen LogP contribution in [-0.4, -0.2) is 58.4 Å². The predicted octanol–water partition coefficient (Wildman–Crippen LogP) is 1.42. The number of likely N-dealkylation sites (N-methyl/N-ethyl adjacent to an activating group) is 1. The normalized spacial score (nSPS) is 16.5. The Morgan fingerprint density at radius 3 is 2.32 bits per heavy atom. The van der Waals surface area contributed by atoms with Crippen molar-refractivity contribution < 1.29 is 17.9 Å². The molecule has 0 N–H and O–H groups in total. The second kappa shape index (κ2) is 7.20. The molecule has 0 radical (unpaired) electrons. The molecule has 0 bridgehead atoms. The number of carbonyl (C=O) groups excluding carboxylic acids is 1. The van der Waals surface area contributed by atoms with Crippen LogP contribution < -0.4 is 0 Å². The number of hydrogen-bond acceptors (Lipinski definition) is 5. The maximum absolute atomic E-state index is 12.6. The lowest BCUT2D eigenvalue weighted by atomic mass is 10.1. The van der Waals surface area contributed by atoms with Crippen LogP contribution in [0.15, 0.2) is 29.2 Å². The third-order valence-electron chi connectivity index (χ3n) is 3.74. The molecule has 0 aromatic heterocycles. The summed E-state index contributed by atoms with van der Waals surface area (Å²) in [5.41, 5.74) is 1.22. The smallest absolute Gasteiger partial charge is 0.181 e. The van der Waals surface area contributed by atoms with Gasteiger partial charge < -0.3 is 9.64 Å². The molecule has 6 heteroatoms. The average molecular weight is 323 g/mol. The van der Waals surface area contributed by atoms with Crippen molar-refractivity contribution in [1.82, 2.24) is 4.90 Å². The van der Waals surface area contributed by atoms with Gasteiger partial charge in [-0.3, -0.25) is 0 Å². The molecule has 1 aliphatic heterocycles. The topological polar surface area (TPSA) is 63.7 Å². The first-order chi connectivity index (χ1) is 10.4. The van der Waals surface area contributed by atoms with E-state index in [1.807, 2.05) is 24.9 Å². The van der Waals surface area contributed by atoms with Gasteiger partial charge in [0.15, 0.2) is 9.84 Å². The van der Waals surface area contributed by atoms with Crippen molar-refractivity contribution in [3.63, 3.8) is 0 Å². The highest BCUT2D eigenvalue weighted by Crippen LogP contribution is 2.25. The minimum atomic E-state index is -3.33. The Balaban J connectivity index is 2.22. The Hall–Kier alpha value is -1.46. The Labute approximate surface area is 131 Å². The highest BCUT2D eigenvalue weighted by molar-refractivity contribution is 7.92. The Bertz CT molecular complexity index is 652. The zero-order valence-electron chi connectivity index (χ0n) is 12.9. The van der Waals surface area contributed by atoms with Crippen molar-refractivity contribution in [3.8, 4) is 0 Å². The van der Waals surface area contributed by atoms with Gasteiger partial charge in [0.05, 0.1) is 15.7 Å². The quantitative estimate of drug-likeness (QED) is 0.767. The molecule has 1 aromatic carbocycles. The zero-order valence-corrected chi connectivity index (χ0v) is 13.7. The third-order valence-corrected chi connectivity index (χ3v) is 6.01. The van der Waals surface area contributed by atoms with Crippen LogP contribution in [0.25, 0.3) is 5.57 Å². The zero-order chi connectivity index (χ0) is 16.2. The van der Waals surface area contributed by atoms with Crippen molar-refractivity contribution in [2.45, 2.75) is 23.0 Å². The predicted molar refractivity (Wildman–Crippen MR) is 85.1 cm³/mol. The number of nitrogens with zero attached hydrogens (tertiary/aromatic N) is 1. The molecule has 0 spiro atoms. The van der Waals surface area contributed by atoms with Crippen LogP contribution in [0.3, 0.4) is 0 Å². The van der Waals surface area contributed by atoms with Gasteiger partial charge >= 0.3 is 0 Å². The molecule has 1 heterocycles. The van der Waals surface area contributed by atoms with Crippen LogP contribution in [0.5, 0.6) is 0 Å². The van der Waals surface area contributed by atoms with Crippen LogP contribution in [-0.2, 0) is 19.4 Å². The molecule has 1 fully saturated rings. The summed E-state index contributed by atoms with van der Waals surface area (Å²) in [6, 6.07) is 6.51. The van der Waals surface area contributed by atoms with E-state index in [4.69, 9.17) is 4.74 Å². The lowest BCUT2D eigenvalue weighted by molar-refractivity contribution is 0.0983. The molecule has 2 rings (SSSR count). The molecular weight excluding hydrogens is 302 g/mol. The van der Waals surface area contributed by atoms with Crippen molar-refractivity contribution >= 4 is 21.4 Å². The van der Waals surface area contributed by atoms with Crippen LogP contribution in [0.4, 0.5) is 0 Å². The molecular formula is C16H21NO4S. The van der Waals surface area contributed by atoms with Crippen LogP contribution in [0.2, 0.25) is 0 Å². The summed E-state index contributed by atoms with van der Waals surface area (Å²) >= 11 is 0. The van der Waals surface area contributed by atoms with Gasteiger partial charge in [-0.25, -0.2) is 13.2 Å². The van der Waals surface area contributed by atoms with Gasteiger partial charge in [-0.1, -0.05) is 12.1 Å². The summed E-state index contributed by atoms with van der Waals surface area (Å²) in [6.45, 7) is 1.45. The van der Waals surface area contributed by atoms with E-state index in [-0.39, 0.29) is 5.25 Å². The van der Waals surface area contributed by atoms with E-state index in [2.05, 4.69) is 0 Å². The van der Waals surface area contributed by atoms with Crippen LogP contribution in [0.1, 0.15) is 18.4 Å². The number of sulfone groups is 1. The van der Waals surface area contributed by atoms with E-state index in [1.165, 1.54) is 0 Å². The Morgan fingerprint density at radius 2 is 1.82 bits per heavy atom. The fraction of sp³-hybridized carbons (Fsp3) is 0.500. The number of rotatable bonds is 5. The van der Waals surface area contributed by atoms with Crippen molar-refractivity contribution in [3.05, 3.63) is 29.8 Å². The maximum atomic E-state index is 12.6. The van der Waals surface area contributed by atoms with Gasteiger partial charge in [-0.05, 0) is 44.6 Å². The summed E-state index contributed by atoms with van der Waals surface area (Å²) in [4.78, 5) is 13.2. The second-order valence-electron chi connectivity index (χ2n) is 5.70. The summed E-state index contributed by atoms with van der Waals surface area (Å²) in [5.74, 6) is 1.93. The van der Waals surface area contributed by atoms with Crippen molar-refractivity contribution in [1.29, 1.82) is 0 Å². The number of hydrogen-bond donors (Lipinski definition) is 0. The summed E-state index contributed by atoms with van der Waals surface area (Å²) in [5, 5.41) is -0.380. The SMILES string of the molecule is CN(C)CC(=C=O)c1ccc(S(=O)(=O)C2CCOCC2)cc1. The molecule has 0 aliphatic carbocycles. The molecule has 5 nitrogen and oxygen atoms in total. The summed E-state index contributed by atoms with van der Waals surface area (Å²) < 4.78 is 30.4. The van der Waals surface area contributed by atoms with Crippen LogP contribution >= 0.6 is 0 Å². The molecule has 0 unspecified atom stereocenters. The monoisotopic (exact) mass is 323 g/mol. The molecule has 120 valence electrons. The van der Waals surface area contributed by atoms with Crippen LogP contribution in [0, 0.1) is 0 Å². The van der Waals surface area contributed by atoms with Gasteiger partial charge in [0.2, 0.25) is 0 Å². The third kappa shape index (κ3) is 3.84. The Kier molecular flexibility index (Phi) is 5.53. The highest BCUT2D eigenvalue weighted by atomic mass is 32.2. The first-order valence-corrected chi connectivity index (χ1v) is 8.80. The lowest BCUT2D eigenvalue weighted by Crippen LogP contribution is -2.28. The van der Waals surface area contributed by atoms with Gasteiger partial charge in [-0.15, -0.1) is 0 Å². The van der Waals surface area contributed by atoms with E-state index in [9.17, 15) is 13.2 Å². The molecule has 1 saturated heterocycles. The molecule has 22 heavy (non-hydrogen) atoms. The van der Waals surface area contributed by atoms with Gasteiger partial charge in [-0.2, -0.15) is 0 Å². The lowest BCUT2D eigenvalue weighted by Gasteiger charge is -2.22. The highest BCUT2D eigenvalue weighted by Gasteiger charge is 2.29. The number of benzene rings is 1. The standard InChI is InChI=1S/C16H21NO4S/c1-17(2)11-14(12-18)13-3-5-15(6-4-13)22(19,20)16-7-9-21-10-8-16/h3-6,16H,7-11H2,1-2H3. The van der Waals surface area contributed by atoms with Gasteiger partial charge in [0, 0.05) is 19.8 Å². The minimum absolute atomic E-state index is 0.304. The van der Waals surface area contributed by atoms with E-state index >= 15 is 0 Å². The Morgan fingerprint density at radius 1 is 1.23 bits per heavy atom. The largest absolute Gasteiger partial charge is 0.381 e. The van der Waals surface area contributed by atoms with Gasteiger partial charge in [0.25, 0.3) is 0 Å². The first-order valence-electron chi connectivity index (χ1n) is 7.26.